The highest BCUT2D eigenvalue weighted by Crippen LogP contribution is 2.06. The second-order valence-corrected chi connectivity index (χ2v) is 5.05. The number of rotatable bonds is 6. The summed E-state index contributed by atoms with van der Waals surface area (Å²) < 4.78 is 0. The predicted octanol–water partition coefficient (Wildman–Crippen LogP) is 3.27. The molecule has 0 heterocycles. The van der Waals surface area contributed by atoms with Crippen molar-refractivity contribution >= 4 is 11.7 Å². The summed E-state index contributed by atoms with van der Waals surface area (Å²) in [7, 11) is 0. The molecule has 0 fully saturated rings. The number of carbonyl (C=O) groups excluding carboxylic acids is 2. The highest BCUT2D eigenvalue weighted by atomic mass is 16.2. The zero-order valence-electron chi connectivity index (χ0n) is 12.1. The van der Waals surface area contributed by atoms with Crippen LogP contribution in [0.25, 0.3) is 0 Å². The van der Waals surface area contributed by atoms with Gasteiger partial charge in [-0.15, -0.1) is 0 Å². The van der Waals surface area contributed by atoms with Crippen molar-refractivity contribution in [2.24, 2.45) is 0 Å². The van der Waals surface area contributed by atoms with Gasteiger partial charge in [-0.25, -0.2) is 0 Å². The Hall–Kier alpha value is -2.42. The molecule has 0 aromatic heterocycles. The van der Waals surface area contributed by atoms with Crippen molar-refractivity contribution in [3.8, 4) is 0 Å². The number of amides is 1. The number of benzene rings is 2. The van der Waals surface area contributed by atoms with Crippen molar-refractivity contribution in [1.82, 2.24) is 5.32 Å². The van der Waals surface area contributed by atoms with Crippen molar-refractivity contribution in [1.29, 1.82) is 0 Å². The first-order valence-electron chi connectivity index (χ1n) is 7.05. The topological polar surface area (TPSA) is 46.2 Å². The van der Waals surface area contributed by atoms with Crippen LogP contribution in [0, 0.1) is 6.92 Å². The molecule has 0 bridgehead atoms. The Bertz CT molecular complexity index is 603. The van der Waals surface area contributed by atoms with Crippen molar-refractivity contribution in [2.45, 2.75) is 26.3 Å². The van der Waals surface area contributed by atoms with Gasteiger partial charge in [0.25, 0.3) is 0 Å². The second-order valence-electron chi connectivity index (χ2n) is 5.05. The minimum absolute atomic E-state index is 0.00101. The predicted molar refractivity (Wildman–Crippen MR) is 83.0 cm³/mol. The molecule has 1 N–H and O–H groups in total. The summed E-state index contributed by atoms with van der Waals surface area (Å²) in [6.45, 7) is 2.52. The fraction of sp³-hybridized carbons (Fsp3) is 0.222. The van der Waals surface area contributed by atoms with Gasteiger partial charge in [-0.3, -0.25) is 9.59 Å². The van der Waals surface area contributed by atoms with E-state index >= 15 is 0 Å². The van der Waals surface area contributed by atoms with Gasteiger partial charge in [0.2, 0.25) is 5.91 Å². The first-order valence-corrected chi connectivity index (χ1v) is 7.05. The number of ketones is 1. The summed E-state index contributed by atoms with van der Waals surface area (Å²) >= 11 is 0. The molecule has 3 heteroatoms. The van der Waals surface area contributed by atoms with Gasteiger partial charge in [-0.05, 0) is 12.5 Å². The maximum atomic E-state index is 11.9. The van der Waals surface area contributed by atoms with Crippen LogP contribution in [0.1, 0.15) is 34.3 Å². The van der Waals surface area contributed by atoms with Gasteiger partial charge in [-0.1, -0.05) is 60.2 Å². The van der Waals surface area contributed by atoms with Crippen LogP contribution in [0.2, 0.25) is 0 Å². The quantitative estimate of drug-likeness (QED) is 0.826. The van der Waals surface area contributed by atoms with E-state index in [9.17, 15) is 9.59 Å². The van der Waals surface area contributed by atoms with Crippen LogP contribution >= 0.6 is 0 Å². The average Bonchev–Trinajstić information content (AvgIpc) is 2.53. The average molecular weight is 281 g/mol. The van der Waals surface area contributed by atoms with Crippen LogP contribution in [0.5, 0.6) is 0 Å². The molecule has 0 spiro atoms. The maximum absolute atomic E-state index is 11.9. The summed E-state index contributed by atoms with van der Waals surface area (Å²) in [6, 6.07) is 17.1. The van der Waals surface area contributed by atoms with Crippen LogP contribution in [-0.4, -0.2) is 11.7 Å². The molecular formula is C18H19NO2. The zero-order chi connectivity index (χ0) is 15.1. The lowest BCUT2D eigenvalue weighted by Crippen LogP contribution is -2.23. The Kier molecular flexibility index (Phi) is 5.27. The van der Waals surface area contributed by atoms with E-state index in [2.05, 4.69) is 5.32 Å². The van der Waals surface area contributed by atoms with E-state index in [1.807, 2.05) is 49.4 Å². The summed E-state index contributed by atoms with van der Waals surface area (Å²) in [6.07, 6.45) is 0.462. The largest absolute Gasteiger partial charge is 0.352 e. The fourth-order valence-electron chi connectivity index (χ4n) is 1.99. The molecule has 2 rings (SSSR count). The van der Waals surface area contributed by atoms with Crippen molar-refractivity contribution in [3.05, 3.63) is 71.3 Å². The van der Waals surface area contributed by atoms with Gasteiger partial charge < -0.3 is 5.32 Å². The molecule has 0 unspecified atom stereocenters. The van der Waals surface area contributed by atoms with E-state index < -0.39 is 0 Å². The van der Waals surface area contributed by atoms with E-state index in [1.165, 1.54) is 5.56 Å². The molecule has 0 aliphatic carbocycles. The van der Waals surface area contributed by atoms with Crippen LogP contribution in [0.3, 0.4) is 0 Å². The van der Waals surface area contributed by atoms with Gasteiger partial charge in [0, 0.05) is 24.9 Å². The highest BCUT2D eigenvalue weighted by molar-refractivity contribution is 5.97. The normalized spacial score (nSPS) is 10.1. The third kappa shape index (κ3) is 4.88. The van der Waals surface area contributed by atoms with Crippen LogP contribution in [0.15, 0.2) is 54.6 Å². The fourth-order valence-corrected chi connectivity index (χ4v) is 1.99. The van der Waals surface area contributed by atoms with Crippen LogP contribution in [0.4, 0.5) is 0 Å². The standard InChI is InChI=1S/C18H19NO2/c1-14-7-9-15(10-8-14)13-19-18(21)12-11-17(20)16-5-3-2-4-6-16/h2-10H,11-13H2,1H3,(H,19,21). The number of hydrogen-bond acceptors (Lipinski definition) is 2. The van der Waals surface area contributed by atoms with Gasteiger partial charge in [0.15, 0.2) is 5.78 Å². The van der Waals surface area contributed by atoms with Crippen LogP contribution < -0.4 is 5.32 Å². The molecule has 0 saturated heterocycles. The van der Waals surface area contributed by atoms with Crippen LogP contribution in [-0.2, 0) is 11.3 Å². The molecule has 1 amide bonds. The number of aryl methyl sites for hydroxylation is 1. The Balaban J connectivity index is 1.75. The van der Waals surface area contributed by atoms with Crippen molar-refractivity contribution < 1.29 is 9.59 Å². The molecule has 0 saturated carbocycles. The Morgan fingerprint density at radius 2 is 1.57 bits per heavy atom. The first-order chi connectivity index (χ1) is 10.1. The monoisotopic (exact) mass is 281 g/mol. The lowest BCUT2D eigenvalue weighted by Gasteiger charge is -2.05. The SMILES string of the molecule is Cc1ccc(CNC(=O)CCC(=O)c2ccccc2)cc1. The van der Waals surface area contributed by atoms with E-state index in [1.54, 1.807) is 12.1 Å². The highest BCUT2D eigenvalue weighted by Gasteiger charge is 2.08. The lowest BCUT2D eigenvalue weighted by molar-refractivity contribution is -0.121. The van der Waals surface area contributed by atoms with E-state index in [-0.39, 0.29) is 24.5 Å². The smallest absolute Gasteiger partial charge is 0.220 e. The molecule has 0 atom stereocenters. The lowest BCUT2D eigenvalue weighted by atomic mass is 10.1. The number of carbonyl (C=O) groups is 2. The van der Waals surface area contributed by atoms with Gasteiger partial charge >= 0.3 is 0 Å². The number of hydrogen-bond donors (Lipinski definition) is 1. The second kappa shape index (κ2) is 7.39. The summed E-state index contributed by atoms with van der Waals surface area (Å²) in [5, 5.41) is 2.83. The summed E-state index contributed by atoms with van der Waals surface area (Å²) in [5.41, 5.74) is 2.91. The maximum Gasteiger partial charge on any atom is 0.220 e. The molecule has 0 aliphatic heterocycles. The third-order valence-electron chi connectivity index (χ3n) is 3.29. The third-order valence-corrected chi connectivity index (χ3v) is 3.29. The van der Waals surface area contributed by atoms with Gasteiger partial charge in [0.05, 0.1) is 0 Å². The molecule has 21 heavy (non-hydrogen) atoms. The zero-order valence-corrected chi connectivity index (χ0v) is 12.1. The summed E-state index contributed by atoms with van der Waals surface area (Å²) in [4.78, 5) is 23.6. The van der Waals surface area contributed by atoms with Gasteiger partial charge in [0.1, 0.15) is 0 Å². The molecular weight excluding hydrogens is 262 g/mol. The molecule has 3 nitrogen and oxygen atoms in total. The minimum atomic E-state index is -0.0974. The van der Waals surface area contributed by atoms with Gasteiger partial charge in [-0.2, -0.15) is 0 Å². The van der Waals surface area contributed by atoms with E-state index in [0.29, 0.717) is 12.1 Å². The molecule has 2 aromatic carbocycles. The Morgan fingerprint density at radius 1 is 0.905 bits per heavy atom. The van der Waals surface area contributed by atoms with Crippen molar-refractivity contribution in [3.63, 3.8) is 0 Å². The molecule has 0 aliphatic rings. The number of nitrogens with one attached hydrogen (secondary N) is 1. The Labute approximate surface area is 125 Å². The molecule has 0 radical (unpaired) electrons. The number of Topliss-reactive ketones (excluding diaryl/α,β-unsaturated/α-hetero) is 1. The Morgan fingerprint density at radius 3 is 2.24 bits per heavy atom. The summed E-state index contributed by atoms with van der Waals surface area (Å²) in [5.74, 6) is -0.0963. The van der Waals surface area contributed by atoms with E-state index in [0.717, 1.165) is 5.56 Å². The van der Waals surface area contributed by atoms with E-state index in [4.69, 9.17) is 0 Å². The van der Waals surface area contributed by atoms with Crippen molar-refractivity contribution in [2.75, 3.05) is 0 Å². The minimum Gasteiger partial charge on any atom is -0.352 e. The molecule has 108 valence electrons. The molecule has 2 aromatic rings. The first kappa shape index (κ1) is 15.0.